The largest absolute Gasteiger partial charge is 0.493 e. The third-order valence-electron chi connectivity index (χ3n) is 6.31. The standard InChI is InChI=1S/C26H34N2O6/c1-16(2)28-17(3)11-21(18(28)4)22(29)15-34-26(31)20-13-25(30)27(14-20)10-9-19-7-8-23(32-5)24(12-19)33-6/h7-8,11-12,16,20H,9-10,13-15H2,1-6H3. The van der Waals surface area contributed by atoms with E-state index >= 15 is 0 Å². The molecule has 34 heavy (non-hydrogen) atoms. The van der Waals surface area contributed by atoms with Crippen LogP contribution >= 0.6 is 0 Å². The first kappa shape index (κ1) is 25.3. The highest BCUT2D eigenvalue weighted by atomic mass is 16.5. The van der Waals surface area contributed by atoms with Crippen molar-refractivity contribution >= 4 is 17.7 Å². The molecule has 0 aliphatic carbocycles. The lowest BCUT2D eigenvalue weighted by Gasteiger charge is -2.17. The van der Waals surface area contributed by atoms with Crippen LogP contribution in [0.2, 0.25) is 0 Å². The molecule has 2 heterocycles. The Bertz CT molecular complexity index is 1070. The predicted octanol–water partition coefficient (Wildman–Crippen LogP) is 3.52. The molecule has 0 saturated carbocycles. The lowest BCUT2D eigenvalue weighted by molar-refractivity contribution is -0.147. The van der Waals surface area contributed by atoms with E-state index in [9.17, 15) is 14.4 Å². The normalized spacial score (nSPS) is 15.7. The van der Waals surface area contributed by atoms with E-state index in [0.29, 0.717) is 36.6 Å². The summed E-state index contributed by atoms with van der Waals surface area (Å²) in [4.78, 5) is 39.4. The Labute approximate surface area is 200 Å². The Balaban J connectivity index is 1.53. The molecular formula is C26H34N2O6. The highest BCUT2D eigenvalue weighted by Crippen LogP contribution is 2.28. The Morgan fingerprint density at radius 2 is 1.79 bits per heavy atom. The number of rotatable bonds is 10. The summed E-state index contributed by atoms with van der Waals surface area (Å²) in [6, 6.07) is 7.71. The number of carbonyl (C=O) groups excluding carboxylic acids is 3. The topological polar surface area (TPSA) is 87.1 Å². The summed E-state index contributed by atoms with van der Waals surface area (Å²) < 4.78 is 18.0. The minimum atomic E-state index is -0.561. The van der Waals surface area contributed by atoms with Gasteiger partial charge in [0, 0.05) is 42.5 Å². The third-order valence-corrected chi connectivity index (χ3v) is 6.31. The smallest absolute Gasteiger partial charge is 0.311 e. The van der Waals surface area contributed by atoms with Gasteiger partial charge in [0.25, 0.3) is 0 Å². The average molecular weight is 471 g/mol. The van der Waals surface area contributed by atoms with E-state index in [2.05, 4.69) is 18.4 Å². The molecule has 0 spiro atoms. The third kappa shape index (κ3) is 5.43. The first-order valence-corrected chi connectivity index (χ1v) is 11.5. The van der Waals surface area contributed by atoms with Crippen LogP contribution in [0.15, 0.2) is 24.3 Å². The number of nitrogens with zero attached hydrogens (tertiary/aromatic N) is 2. The highest BCUT2D eigenvalue weighted by Gasteiger charge is 2.35. The van der Waals surface area contributed by atoms with E-state index in [1.807, 2.05) is 38.1 Å². The second kappa shape index (κ2) is 10.8. The van der Waals surface area contributed by atoms with Crippen LogP contribution in [0.5, 0.6) is 11.5 Å². The minimum Gasteiger partial charge on any atom is -0.493 e. The van der Waals surface area contributed by atoms with Crippen LogP contribution in [0.4, 0.5) is 0 Å². The van der Waals surface area contributed by atoms with Crippen molar-refractivity contribution in [1.29, 1.82) is 0 Å². The maximum absolute atomic E-state index is 12.7. The number of benzene rings is 1. The average Bonchev–Trinajstić information content (AvgIpc) is 3.33. The van der Waals surface area contributed by atoms with Crippen LogP contribution in [-0.2, 0) is 20.7 Å². The van der Waals surface area contributed by atoms with Gasteiger partial charge in [-0.15, -0.1) is 0 Å². The summed E-state index contributed by atoms with van der Waals surface area (Å²) in [6.45, 7) is 8.42. The summed E-state index contributed by atoms with van der Waals surface area (Å²) >= 11 is 0. The Morgan fingerprint density at radius 1 is 1.09 bits per heavy atom. The molecule has 1 saturated heterocycles. The van der Waals surface area contributed by atoms with E-state index in [-0.39, 0.29) is 30.8 Å². The van der Waals surface area contributed by atoms with Gasteiger partial charge in [0.1, 0.15) is 0 Å². The van der Waals surface area contributed by atoms with Crippen molar-refractivity contribution in [2.45, 2.75) is 46.6 Å². The Morgan fingerprint density at radius 3 is 2.41 bits per heavy atom. The SMILES string of the molecule is COc1ccc(CCN2CC(C(=O)OCC(=O)c3cc(C)n(C(C)C)c3C)CC2=O)cc1OC. The summed E-state index contributed by atoms with van der Waals surface area (Å²) in [5.74, 6) is -0.112. The fraction of sp³-hybridized carbons (Fsp3) is 0.500. The molecule has 8 heteroatoms. The monoisotopic (exact) mass is 470 g/mol. The summed E-state index contributed by atoms with van der Waals surface area (Å²) in [5.41, 5.74) is 3.43. The molecule has 1 aromatic carbocycles. The van der Waals surface area contributed by atoms with Crippen LogP contribution in [0.1, 0.15) is 53.6 Å². The number of Topliss-reactive ketones (excluding diaryl/α,β-unsaturated/α-hetero) is 1. The quantitative estimate of drug-likeness (QED) is 0.390. The number of hydrogen-bond donors (Lipinski definition) is 0. The fourth-order valence-corrected chi connectivity index (χ4v) is 4.63. The van der Waals surface area contributed by atoms with Crippen molar-refractivity contribution < 1.29 is 28.6 Å². The van der Waals surface area contributed by atoms with Gasteiger partial charge in [0.2, 0.25) is 11.7 Å². The van der Waals surface area contributed by atoms with Crippen molar-refractivity contribution in [3.05, 3.63) is 46.8 Å². The predicted molar refractivity (Wildman–Crippen MR) is 128 cm³/mol. The van der Waals surface area contributed by atoms with Gasteiger partial charge in [0.15, 0.2) is 18.1 Å². The van der Waals surface area contributed by atoms with Gasteiger partial charge < -0.3 is 23.7 Å². The number of carbonyl (C=O) groups is 3. The molecule has 3 rings (SSSR count). The second-order valence-electron chi connectivity index (χ2n) is 8.96. The van der Waals surface area contributed by atoms with Crippen LogP contribution in [0.3, 0.4) is 0 Å². The second-order valence-corrected chi connectivity index (χ2v) is 8.96. The zero-order valence-electron chi connectivity index (χ0n) is 20.8. The minimum absolute atomic E-state index is 0.0887. The van der Waals surface area contributed by atoms with Crippen molar-refractivity contribution in [3.8, 4) is 11.5 Å². The van der Waals surface area contributed by atoms with E-state index in [4.69, 9.17) is 14.2 Å². The number of hydrogen-bond acceptors (Lipinski definition) is 6. The molecule has 1 fully saturated rings. The molecule has 1 atom stereocenters. The molecular weight excluding hydrogens is 436 g/mol. The first-order valence-electron chi connectivity index (χ1n) is 11.5. The van der Waals surface area contributed by atoms with Gasteiger partial charge in [-0.25, -0.2) is 0 Å². The number of aromatic nitrogens is 1. The molecule has 0 radical (unpaired) electrons. The summed E-state index contributed by atoms with van der Waals surface area (Å²) in [5, 5.41) is 0. The van der Waals surface area contributed by atoms with Gasteiger partial charge in [-0.2, -0.15) is 0 Å². The molecule has 1 aliphatic heterocycles. The first-order chi connectivity index (χ1) is 16.2. The van der Waals surface area contributed by atoms with Gasteiger partial charge in [-0.1, -0.05) is 6.07 Å². The van der Waals surface area contributed by atoms with E-state index in [0.717, 1.165) is 17.0 Å². The summed E-state index contributed by atoms with van der Waals surface area (Å²) in [6.07, 6.45) is 0.721. The molecule has 1 amide bonds. The molecule has 8 nitrogen and oxygen atoms in total. The van der Waals surface area contributed by atoms with Gasteiger partial charge >= 0.3 is 5.97 Å². The van der Waals surface area contributed by atoms with Gasteiger partial charge in [-0.05, 0) is 57.9 Å². The van der Waals surface area contributed by atoms with Crippen LogP contribution in [0.25, 0.3) is 0 Å². The Kier molecular flexibility index (Phi) is 8.02. The number of ether oxygens (including phenoxy) is 3. The number of esters is 1. The number of likely N-dealkylation sites (tertiary alicyclic amines) is 1. The molecule has 0 bridgehead atoms. The number of methoxy groups -OCH3 is 2. The molecule has 1 aromatic heterocycles. The zero-order valence-corrected chi connectivity index (χ0v) is 20.8. The Hall–Kier alpha value is -3.29. The van der Waals surface area contributed by atoms with Crippen LogP contribution in [-0.4, -0.2) is 61.0 Å². The molecule has 1 unspecified atom stereocenters. The lowest BCUT2D eigenvalue weighted by atomic mass is 10.1. The van der Waals surface area contributed by atoms with Crippen molar-refractivity contribution in [1.82, 2.24) is 9.47 Å². The maximum Gasteiger partial charge on any atom is 0.311 e. The van der Waals surface area contributed by atoms with Crippen LogP contribution in [0, 0.1) is 19.8 Å². The highest BCUT2D eigenvalue weighted by molar-refractivity contribution is 5.99. The molecule has 0 N–H and O–H groups in total. The number of amides is 1. The number of ketones is 1. The molecule has 2 aromatic rings. The van der Waals surface area contributed by atoms with Crippen molar-refractivity contribution in [2.75, 3.05) is 33.9 Å². The van der Waals surface area contributed by atoms with E-state index < -0.39 is 11.9 Å². The van der Waals surface area contributed by atoms with Gasteiger partial charge in [0.05, 0.1) is 20.1 Å². The fourth-order valence-electron chi connectivity index (χ4n) is 4.63. The van der Waals surface area contributed by atoms with E-state index in [1.54, 1.807) is 19.1 Å². The zero-order chi connectivity index (χ0) is 25.0. The molecule has 1 aliphatic rings. The van der Waals surface area contributed by atoms with Crippen molar-refractivity contribution in [2.24, 2.45) is 5.92 Å². The van der Waals surface area contributed by atoms with E-state index in [1.165, 1.54) is 0 Å². The lowest BCUT2D eigenvalue weighted by Crippen LogP contribution is -2.29. The van der Waals surface area contributed by atoms with Gasteiger partial charge in [-0.3, -0.25) is 14.4 Å². The number of aryl methyl sites for hydroxylation is 1. The maximum atomic E-state index is 12.7. The van der Waals surface area contributed by atoms with Crippen LogP contribution < -0.4 is 9.47 Å². The van der Waals surface area contributed by atoms with Crippen molar-refractivity contribution in [3.63, 3.8) is 0 Å². The molecule has 184 valence electrons. The summed E-state index contributed by atoms with van der Waals surface area (Å²) in [7, 11) is 3.16.